The fourth-order valence-electron chi connectivity index (χ4n) is 1.75. The molecule has 0 N–H and O–H groups in total. The fourth-order valence-corrected chi connectivity index (χ4v) is 1.95. The molecule has 3 rings (SSSR count). The molecule has 124 valence electrons. The molecule has 0 amide bonds. The third kappa shape index (κ3) is 3.80. The Kier molecular flexibility index (Phi) is 4.34. The number of nitrogens with zero attached hydrogens (tertiary/aromatic N) is 4. The molecule has 6 nitrogen and oxygen atoms in total. The van der Waals surface area contributed by atoms with Crippen molar-refractivity contribution in [2.45, 2.75) is 6.18 Å². The molecule has 3 aromatic heterocycles. The van der Waals surface area contributed by atoms with Crippen molar-refractivity contribution < 1.29 is 22.4 Å². The molecule has 10 heteroatoms. The van der Waals surface area contributed by atoms with Gasteiger partial charge in [0.05, 0.1) is 10.6 Å². The van der Waals surface area contributed by atoms with E-state index in [1.54, 1.807) is 6.07 Å². The van der Waals surface area contributed by atoms with E-state index in [-0.39, 0.29) is 17.6 Å². The quantitative estimate of drug-likeness (QED) is 0.708. The molecule has 0 radical (unpaired) electrons. The Balaban J connectivity index is 1.77. The number of hydrogen-bond donors (Lipinski definition) is 0. The third-order valence-electron chi connectivity index (χ3n) is 2.81. The first-order valence-electron chi connectivity index (χ1n) is 6.52. The lowest BCUT2D eigenvalue weighted by molar-refractivity contribution is -0.154. The lowest BCUT2D eigenvalue weighted by atomic mass is 10.2. The first kappa shape index (κ1) is 16.2. The Hall–Kier alpha value is -2.68. The maximum atomic E-state index is 12.1. The van der Waals surface area contributed by atoms with E-state index in [9.17, 15) is 13.2 Å². The van der Waals surface area contributed by atoms with E-state index in [2.05, 4.69) is 24.8 Å². The maximum Gasteiger partial charge on any atom is 0.422 e. The first-order chi connectivity index (χ1) is 11.4. The Morgan fingerprint density at radius 2 is 2.00 bits per heavy atom. The van der Waals surface area contributed by atoms with Gasteiger partial charge < -0.3 is 9.26 Å². The lowest BCUT2D eigenvalue weighted by Gasteiger charge is -2.07. The van der Waals surface area contributed by atoms with Crippen LogP contribution in [0.15, 0.2) is 41.3 Å². The molecule has 0 spiro atoms. The van der Waals surface area contributed by atoms with Crippen molar-refractivity contribution in [3.05, 3.63) is 41.8 Å². The van der Waals surface area contributed by atoms with Gasteiger partial charge in [-0.3, -0.25) is 4.98 Å². The highest BCUT2D eigenvalue weighted by molar-refractivity contribution is 6.32. The van der Waals surface area contributed by atoms with E-state index >= 15 is 0 Å². The van der Waals surface area contributed by atoms with Crippen LogP contribution < -0.4 is 4.74 Å². The summed E-state index contributed by atoms with van der Waals surface area (Å²) in [5.74, 6) is 0.250. The summed E-state index contributed by atoms with van der Waals surface area (Å²) >= 11 is 6.00. The number of alkyl halides is 3. The Morgan fingerprint density at radius 1 is 1.17 bits per heavy atom. The van der Waals surface area contributed by atoms with Crippen molar-refractivity contribution in [1.29, 1.82) is 0 Å². The zero-order chi connectivity index (χ0) is 17.2. The van der Waals surface area contributed by atoms with Crippen LogP contribution in [0, 0.1) is 0 Å². The van der Waals surface area contributed by atoms with Gasteiger partial charge in [-0.05, 0) is 12.1 Å². The van der Waals surface area contributed by atoms with Crippen LogP contribution in [0.25, 0.3) is 22.8 Å². The number of rotatable bonds is 4. The molecule has 0 aliphatic carbocycles. The van der Waals surface area contributed by atoms with E-state index in [1.165, 1.54) is 30.7 Å². The Labute approximate surface area is 138 Å². The van der Waals surface area contributed by atoms with Gasteiger partial charge >= 0.3 is 6.18 Å². The molecule has 0 saturated carbocycles. The van der Waals surface area contributed by atoms with Gasteiger partial charge in [-0.2, -0.15) is 18.2 Å². The van der Waals surface area contributed by atoms with Gasteiger partial charge in [-0.15, -0.1) is 0 Å². The molecule has 0 aliphatic heterocycles. The van der Waals surface area contributed by atoms with Gasteiger partial charge in [0.15, 0.2) is 6.61 Å². The predicted octanol–water partition coefficient (Wildman–Crippen LogP) is 3.79. The zero-order valence-electron chi connectivity index (χ0n) is 11.8. The van der Waals surface area contributed by atoms with E-state index in [4.69, 9.17) is 16.1 Å². The maximum absolute atomic E-state index is 12.1. The van der Waals surface area contributed by atoms with Crippen LogP contribution in [0.5, 0.6) is 5.88 Å². The highest BCUT2D eigenvalue weighted by atomic mass is 35.5. The van der Waals surface area contributed by atoms with Crippen LogP contribution in [-0.4, -0.2) is 32.9 Å². The van der Waals surface area contributed by atoms with Crippen LogP contribution in [0.1, 0.15) is 0 Å². The first-order valence-corrected chi connectivity index (χ1v) is 6.90. The molecular formula is C14H8ClF3N4O2. The second-order valence-electron chi connectivity index (χ2n) is 4.57. The minimum absolute atomic E-state index is 0.156. The average molecular weight is 357 g/mol. The standard InChI is InChI=1S/C14H8ClF3N4O2/c15-10-6-19-4-3-9(10)13-21-12(22-24-13)8-1-2-11(20-5-8)23-7-14(16,17)18/h1-6H,7H2. The van der Waals surface area contributed by atoms with Crippen molar-refractivity contribution in [3.8, 4) is 28.7 Å². The zero-order valence-corrected chi connectivity index (χ0v) is 12.5. The van der Waals surface area contributed by atoms with Crippen LogP contribution in [-0.2, 0) is 0 Å². The van der Waals surface area contributed by atoms with Crippen LogP contribution in [0.2, 0.25) is 5.02 Å². The van der Waals surface area contributed by atoms with Gasteiger partial charge in [0.25, 0.3) is 5.89 Å². The van der Waals surface area contributed by atoms with Crippen molar-refractivity contribution in [2.24, 2.45) is 0 Å². The van der Waals surface area contributed by atoms with Gasteiger partial charge in [-0.25, -0.2) is 4.98 Å². The molecule has 0 fully saturated rings. The van der Waals surface area contributed by atoms with Crippen molar-refractivity contribution in [2.75, 3.05) is 6.61 Å². The molecular weight excluding hydrogens is 349 g/mol. The summed E-state index contributed by atoms with van der Waals surface area (Å²) in [6, 6.07) is 4.38. The summed E-state index contributed by atoms with van der Waals surface area (Å²) in [6.07, 6.45) is -0.171. The predicted molar refractivity (Wildman–Crippen MR) is 77.3 cm³/mol. The third-order valence-corrected chi connectivity index (χ3v) is 3.11. The minimum atomic E-state index is -4.42. The van der Waals surface area contributed by atoms with E-state index in [0.717, 1.165) is 0 Å². The molecule has 0 unspecified atom stereocenters. The van der Waals surface area contributed by atoms with Crippen molar-refractivity contribution in [1.82, 2.24) is 20.1 Å². The number of ether oxygens (including phenoxy) is 1. The van der Waals surface area contributed by atoms with Crippen molar-refractivity contribution >= 4 is 11.6 Å². The van der Waals surface area contributed by atoms with E-state index < -0.39 is 12.8 Å². The molecule has 0 saturated heterocycles. The van der Waals surface area contributed by atoms with Gasteiger partial charge in [0.1, 0.15) is 0 Å². The topological polar surface area (TPSA) is 73.9 Å². The minimum Gasteiger partial charge on any atom is -0.468 e. The Bertz CT molecular complexity index is 837. The SMILES string of the molecule is FC(F)(F)COc1ccc(-c2noc(-c3ccncc3Cl)n2)cn1. The highest BCUT2D eigenvalue weighted by Crippen LogP contribution is 2.27. The van der Waals surface area contributed by atoms with Crippen LogP contribution in [0.3, 0.4) is 0 Å². The second-order valence-corrected chi connectivity index (χ2v) is 4.97. The number of hydrogen-bond acceptors (Lipinski definition) is 6. The fraction of sp³-hybridized carbons (Fsp3) is 0.143. The van der Waals surface area contributed by atoms with Gasteiger partial charge in [0, 0.05) is 30.2 Å². The summed E-state index contributed by atoms with van der Waals surface area (Å²) in [5, 5.41) is 4.14. The molecule has 0 aromatic carbocycles. The van der Waals surface area contributed by atoms with Crippen LogP contribution in [0.4, 0.5) is 13.2 Å². The van der Waals surface area contributed by atoms with Crippen LogP contribution >= 0.6 is 11.6 Å². The number of aromatic nitrogens is 4. The highest BCUT2D eigenvalue weighted by Gasteiger charge is 2.28. The van der Waals surface area contributed by atoms with Crippen molar-refractivity contribution in [3.63, 3.8) is 0 Å². The summed E-state index contributed by atoms with van der Waals surface area (Å²) in [7, 11) is 0. The summed E-state index contributed by atoms with van der Waals surface area (Å²) in [5.41, 5.74) is 0.970. The number of halogens is 4. The number of pyridine rings is 2. The molecule has 3 aromatic rings. The Morgan fingerprint density at radius 3 is 2.67 bits per heavy atom. The molecule has 24 heavy (non-hydrogen) atoms. The van der Waals surface area contributed by atoms with Gasteiger partial charge in [-0.1, -0.05) is 16.8 Å². The lowest BCUT2D eigenvalue weighted by Crippen LogP contribution is -2.19. The van der Waals surface area contributed by atoms with E-state index in [0.29, 0.717) is 16.1 Å². The molecule has 0 bridgehead atoms. The molecule has 0 aliphatic rings. The normalized spacial score (nSPS) is 11.5. The smallest absolute Gasteiger partial charge is 0.422 e. The second kappa shape index (κ2) is 6.44. The summed E-state index contributed by atoms with van der Waals surface area (Å²) < 4.78 is 45.9. The summed E-state index contributed by atoms with van der Waals surface area (Å²) in [4.78, 5) is 11.8. The van der Waals surface area contributed by atoms with E-state index in [1.807, 2.05) is 0 Å². The molecule has 0 atom stereocenters. The summed E-state index contributed by atoms with van der Waals surface area (Å²) in [6.45, 7) is -1.41. The largest absolute Gasteiger partial charge is 0.468 e. The molecule has 3 heterocycles. The average Bonchev–Trinajstić information content (AvgIpc) is 3.03. The monoisotopic (exact) mass is 356 g/mol. The van der Waals surface area contributed by atoms with Gasteiger partial charge in [0.2, 0.25) is 11.7 Å².